The zero-order valence-electron chi connectivity index (χ0n) is 16.9. The number of hydrogen-bond donors (Lipinski definition) is 2. The predicted octanol–water partition coefficient (Wildman–Crippen LogP) is 5.09. The molecule has 0 unspecified atom stereocenters. The molecule has 152 valence electrons. The second-order valence-electron chi connectivity index (χ2n) is 7.28. The topological polar surface area (TPSA) is 74.6 Å². The Morgan fingerprint density at radius 1 is 0.846 bits per heavy atom. The van der Waals surface area contributed by atoms with Crippen LogP contribution in [0.2, 0.25) is 0 Å². The van der Waals surface area contributed by atoms with Crippen molar-refractivity contribution in [2.24, 2.45) is 0 Å². The van der Waals surface area contributed by atoms with E-state index >= 15 is 0 Å². The lowest BCUT2D eigenvalue weighted by atomic mass is 10.0. The summed E-state index contributed by atoms with van der Waals surface area (Å²) in [7, 11) is -0.588. The van der Waals surface area contributed by atoms with Gasteiger partial charge in [-0.1, -0.05) is 64.0 Å². The van der Waals surface area contributed by atoms with Gasteiger partial charge in [0.2, 0.25) is 0 Å². The molecule has 1 aromatic rings. The third-order valence-electron chi connectivity index (χ3n) is 4.31. The van der Waals surface area contributed by atoms with Gasteiger partial charge in [-0.05, 0) is 37.5 Å². The molecule has 0 aliphatic heterocycles. The van der Waals surface area contributed by atoms with Crippen LogP contribution in [0, 0.1) is 0 Å². The highest BCUT2D eigenvalue weighted by Crippen LogP contribution is 2.14. The van der Waals surface area contributed by atoms with E-state index in [1.807, 2.05) is 6.92 Å². The Labute approximate surface area is 160 Å². The quantitative estimate of drug-likeness (QED) is 0.240. The Morgan fingerprint density at radius 3 is 1.65 bits per heavy atom. The van der Waals surface area contributed by atoms with Crippen LogP contribution in [-0.2, 0) is 16.5 Å². The number of unbranched alkanes of at least 4 members (excludes halogenated alkanes) is 7. The molecule has 0 amide bonds. The maximum Gasteiger partial charge on any atom is 0.294 e. The molecule has 1 rings (SSSR count). The first-order chi connectivity index (χ1) is 12.1. The van der Waals surface area contributed by atoms with Crippen LogP contribution in [0.15, 0.2) is 29.2 Å². The molecule has 0 saturated heterocycles. The summed E-state index contributed by atoms with van der Waals surface area (Å²) in [5.74, 6) is 0. The molecule has 0 aliphatic carbocycles. The fraction of sp³-hybridized carbons (Fsp3) is 0.700. The Hall–Kier alpha value is -0.950. The van der Waals surface area contributed by atoms with E-state index in [9.17, 15) is 8.42 Å². The molecule has 0 saturated carbocycles. The van der Waals surface area contributed by atoms with E-state index in [1.54, 1.807) is 26.2 Å². The van der Waals surface area contributed by atoms with E-state index in [2.05, 4.69) is 6.92 Å². The Morgan fingerprint density at radius 2 is 1.27 bits per heavy atom. The normalized spacial score (nSPS) is 11.8. The molecule has 6 heteroatoms. The van der Waals surface area contributed by atoms with Crippen LogP contribution in [0.4, 0.5) is 0 Å². The summed E-state index contributed by atoms with van der Waals surface area (Å²) in [5, 5.41) is 8.76. The zero-order valence-corrected chi connectivity index (χ0v) is 17.8. The van der Waals surface area contributed by atoms with Gasteiger partial charge in [0.1, 0.15) is 6.54 Å². The minimum absolute atomic E-state index is 0.0304. The molecule has 0 bridgehead atoms. The summed E-state index contributed by atoms with van der Waals surface area (Å²) >= 11 is 0. The van der Waals surface area contributed by atoms with Crippen LogP contribution in [0.3, 0.4) is 0 Å². The van der Waals surface area contributed by atoms with Gasteiger partial charge in [0.05, 0.1) is 19.0 Å². The highest BCUT2D eigenvalue weighted by atomic mass is 32.2. The van der Waals surface area contributed by atoms with Crippen LogP contribution in [0.25, 0.3) is 0 Å². The second-order valence-corrected chi connectivity index (χ2v) is 8.70. The molecule has 5 nitrogen and oxygen atoms in total. The maximum atomic E-state index is 10.9. The van der Waals surface area contributed by atoms with Crippen LogP contribution < -0.4 is 0 Å². The maximum absolute atomic E-state index is 10.9. The monoisotopic (exact) mass is 388 g/mol. The first-order valence-electron chi connectivity index (χ1n) is 9.72. The van der Waals surface area contributed by atoms with Crippen molar-refractivity contribution in [3.63, 3.8) is 0 Å². The molecule has 2 N–H and O–H groups in total. The summed E-state index contributed by atoms with van der Waals surface area (Å²) in [6.45, 7) is 4.92. The van der Waals surface area contributed by atoms with E-state index < -0.39 is 10.1 Å². The summed E-state index contributed by atoms with van der Waals surface area (Å²) in [6.07, 6.45) is 11.3. The minimum atomic E-state index is -4.06. The molecule has 1 aromatic carbocycles. The Kier molecular flexibility index (Phi) is 12.8. The predicted molar refractivity (Wildman–Crippen MR) is 107 cm³/mol. The van der Waals surface area contributed by atoms with Gasteiger partial charge < -0.3 is 0 Å². The summed E-state index contributed by atoms with van der Waals surface area (Å²) < 4.78 is 30.8. The molecule has 0 spiro atoms. The van der Waals surface area contributed by atoms with Gasteiger partial charge in [-0.25, -0.2) is 5.21 Å². The smallest absolute Gasteiger partial charge is 0.282 e. The van der Waals surface area contributed by atoms with Gasteiger partial charge in [-0.2, -0.15) is 13.1 Å². The number of aryl methyl sites for hydroxylation is 1. The largest absolute Gasteiger partial charge is 0.294 e. The molecule has 26 heavy (non-hydrogen) atoms. The highest BCUT2D eigenvalue weighted by molar-refractivity contribution is 7.85. The molecular formula is C20H38NO4S+. The molecule has 0 aromatic heterocycles. The van der Waals surface area contributed by atoms with Gasteiger partial charge in [-0.3, -0.25) is 4.55 Å². The molecule has 0 aliphatic rings. The van der Waals surface area contributed by atoms with Crippen molar-refractivity contribution >= 4 is 10.1 Å². The van der Waals surface area contributed by atoms with E-state index in [0.29, 0.717) is 0 Å². The van der Waals surface area contributed by atoms with Crippen molar-refractivity contribution in [1.82, 2.24) is 0 Å². The lowest BCUT2D eigenvalue weighted by molar-refractivity contribution is -1.07. The number of nitrogens with zero attached hydrogens (tertiary/aromatic N) is 1. The lowest BCUT2D eigenvalue weighted by Crippen LogP contribution is -2.34. The Bertz CT molecular complexity index is 562. The van der Waals surface area contributed by atoms with Crippen molar-refractivity contribution in [1.29, 1.82) is 0 Å². The highest BCUT2D eigenvalue weighted by Gasteiger charge is 2.08. The van der Waals surface area contributed by atoms with Gasteiger partial charge >= 0.3 is 0 Å². The number of hydrogen-bond acceptors (Lipinski definition) is 3. The molecule has 0 atom stereocenters. The van der Waals surface area contributed by atoms with Gasteiger partial charge in [0.25, 0.3) is 10.1 Å². The molecule has 0 fully saturated rings. The molecule has 0 radical (unpaired) electrons. The third-order valence-corrected chi connectivity index (χ3v) is 5.18. The van der Waals surface area contributed by atoms with Crippen LogP contribution in [0.5, 0.6) is 0 Å². The van der Waals surface area contributed by atoms with Crippen molar-refractivity contribution < 1.29 is 22.8 Å². The van der Waals surface area contributed by atoms with Crippen LogP contribution in [0.1, 0.15) is 70.8 Å². The van der Waals surface area contributed by atoms with E-state index in [0.717, 1.165) is 24.9 Å². The Balaban J connectivity index is 0.000000896. The number of rotatable bonds is 11. The fourth-order valence-electron chi connectivity index (χ4n) is 2.29. The number of hydroxylamine groups is 3. The van der Waals surface area contributed by atoms with E-state index in [1.165, 1.54) is 57.1 Å². The first-order valence-corrected chi connectivity index (χ1v) is 11.2. The standard InChI is InChI=1S/C16H26O3S.C4H12NO/c1-2-3-4-5-6-7-8-9-10-15-11-13-16(14-12-15)20(17,18)19;1-4-5(2,3)6/h11-14H,2-10H2,1H3,(H,17,18,19);6H,4H2,1-3H3/q;+1. The van der Waals surface area contributed by atoms with E-state index in [4.69, 9.17) is 9.76 Å². The average molecular weight is 389 g/mol. The lowest BCUT2D eigenvalue weighted by Gasteiger charge is -2.15. The number of benzene rings is 1. The number of quaternary nitrogens is 1. The fourth-order valence-corrected chi connectivity index (χ4v) is 2.77. The van der Waals surface area contributed by atoms with Crippen molar-refractivity contribution in [2.45, 2.75) is 76.5 Å². The van der Waals surface area contributed by atoms with Crippen LogP contribution >= 0.6 is 0 Å². The third kappa shape index (κ3) is 14.2. The van der Waals surface area contributed by atoms with Gasteiger partial charge in [-0.15, -0.1) is 0 Å². The van der Waals surface area contributed by atoms with Crippen LogP contribution in [-0.4, -0.2) is 43.5 Å². The van der Waals surface area contributed by atoms with Crippen molar-refractivity contribution in [2.75, 3.05) is 20.6 Å². The first kappa shape index (κ1) is 25.1. The summed E-state index contributed by atoms with van der Waals surface area (Å²) in [5.41, 5.74) is 1.13. The molecule has 0 heterocycles. The average Bonchev–Trinajstić information content (AvgIpc) is 2.57. The second kappa shape index (κ2) is 13.3. The van der Waals surface area contributed by atoms with Gasteiger partial charge in [0, 0.05) is 0 Å². The minimum Gasteiger partial charge on any atom is -0.282 e. The van der Waals surface area contributed by atoms with Crippen molar-refractivity contribution in [3.05, 3.63) is 29.8 Å². The van der Waals surface area contributed by atoms with Gasteiger partial charge in [0.15, 0.2) is 0 Å². The van der Waals surface area contributed by atoms with E-state index in [-0.39, 0.29) is 9.54 Å². The summed E-state index contributed by atoms with van der Waals surface area (Å²) in [4.78, 5) is -0.0304. The summed E-state index contributed by atoms with van der Waals surface area (Å²) in [6, 6.07) is 6.50. The zero-order chi connectivity index (χ0) is 20.1. The van der Waals surface area contributed by atoms with Crippen molar-refractivity contribution in [3.8, 4) is 0 Å². The molecular weight excluding hydrogens is 350 g/mol. The SMILES string of the molecule is CCCCCCCCCCc1ccc(S(=O)(=O)O)cc1.CC[N+](C)(C)O.